The highest BCUT2D eigenvalue weighted by Gasteiger charge is 2.46. The van der Waals surface area contributed by atoms with Gasteiger partial charge in [-0.25, -0.2) is 0 Å². The van der Waals surface area contributed by atoms with E-state index in [1.807, 2.05) is 6.07 Å². The summed E-state index contributed by atoms with van der Waals surface area (Å²) < 4.78 is 10.6. The molecular formula is C23H18ClNO5. The normalized spacial score (nSPS) is 18.1. The smallest absolute Gasteiger partial charge is 0.296 e. The summed E-state index contributed by atoms with van der Waals surface area (Å²) in [6.07, 6.45) is 1.50. The Morgan fingerprint density at radius 1 is 1.13 bits per heavy atom. The third kappa shape index (κ3) is 3.46. The van der Waals surface area contributed by atoms with Gasteiger partial charge in [-0.15, -0.1) is 0 Å². The molecule has 1 saturated heterocycles. The van der Waals surface area contributed by atoms with Crippen LogP contribution in [0.2, 0.25) is 5.02 Å². The SMILES string of the molecule is COc1ccc(Cl)c(/C(O)=C2\C(=O)C(=O)N(Cc3ccco3)C2c2ccccc2)c1. The third-order valence-corrected chi connectivity index (χ3v) is 5.32. The van der Waals surface area contributed by atoms with Crippen molar-refractivity contribution in [2.75, 3.05) is 7.11 Å². The molecule has 1 aromatic heterocycles. The van der Waals surface area contributed by atoms with E-state index in [-0.39, 0.29) is 28.5 Å². The number of ether oxygens (including phenoxy) is 1. The van der Waals surface area contributed by atoms with E-state index < -0.39 is 17.7 Å². The molecule has 6 nitrogen and oxygen atoms in total. The first kappa shape index (κ1) is 19.8. The first-order valence-corrected chi connectivity index (χ1v) is 9.58. The van der Waals surface area contributed by atoms with Crippen molar-refractivity contribution in [1.29, 1.82) is 0 Å². The molecule has 1 fully saturated rings. The van der Waals surface area contributed by atoms with Gasteiger partial charge in [-0.1, -0.05) is 41.9 Å². The number of furan rings is 1. The van der Waals surface area contributed by atoms with Gasteiger partial charge in [0.2, 0.25) is 0 Å². The van der Waals surface area contributed by atoms with Crippen molar-refractivity contribution in [3.63, 3.8) is 0 Å². The van der Waals surface area contributed by atoms with Crippen LogP contribution in [0.4, 0.5) is 0 Å². The Balaban J connectivity index is 1.89. The number of benzene rings is 2. The summed E-state index contributed by atoms with van der Waals surface area (Å²) in [6.45, 7) is 0.0831. The van der Waals surface area contributed by atoms with Crippen LogP contribution in [-0.4, -0.2) is 28.8 Å². The molecule has 0 bridgehead atoms. The number of hydrogen-bond donors (Lipinski definition) is 1. The van der Waals surface area contributed by atoms with E-state index >= 15 is 0 Å². The lowest BCUT2D eigenvalue weighted by molar-refractivity contribution is -0.140. The molecule has 152 valence electrons. The van der Waals surface area contributed by atoms with E-state index in [9.17, 15) is 14.7 Å². The Morgan fingerprint density at radius 2 is 1.90 bits per heavy atom. The van der Waals surface area contributed by atoms with Gasteiger partial charge < -0.3 is 19.2 Å². The second-order valence-electron chi connectivity index (χ2n) is 6.76. The van der Waals surface area contributed by atoms with Gasteiger partial charge >= 0.3 is 0 Å². The molecule has 0 saturated carbocycles. The van der Waals surface area contributed by atoms with Gasteiger partial charge in [0, 0.05) is 5.56 Å². The number of carbonyl (C=O) groups is 2. The zero-order valence-corrected chi connectivity index (χ0v) is 16.8. The van der Waals surface area contributed by atoms with E-state index in [0.29, 0.717) is 17.1 Å². The van der Waals surface area contributed by atoms with Crippen LogP contribution in [0.3, 0.4) is 0 Å². The maximum atomic E-state index is 13.0. The highest BCUT2D eigenvalue weighted by molar-refractivity contribution is 6.47. The number of halogens is 1. The van der Waals surface area contributed by atoms with E-state index in [2.05, 4.69) is 0 Å². The molecule has 2 heterocycles. The number of ketones is 1. The number of aliphatic hydroxyl groups is 1. The highest BCUT2D eigenvalue weighted by atomic mass is 35.5. The molecule has 30 heavy (non-hydrogen) atoms. The quantitative estimate of drug-likeness (QED) is 0.369. The predicted octanol–water partition coefficient (Wildman–Crippen LogP) is 4.56. The molecular weight excluding hydrogens is 406 g/mol. The van der Waals surface area contributed by atoms with Crippen LogP contribution in [0.1, 0.15) is 22.9 Å². The Hall–Kier alpha value is -3.51. The van der Waals surface area contributed by atoms with E-state index in [0.717, 1.165) is 0 Å². The van der Waals surface area contributed by atoms with E-state index in [4.69, 9.17) is 20.8 Å². The minimum absolute atomic E-state index is 0.0343. The topological polar surface area (TPSA) is 80.0 Å². The fourth-order valence-corrected chi connectivity index (χ4v) is 3.76. The summed E-state index contributed by atoms with van der Waals surface area (Å²) in [5, 5.41) is 11.3. The molecule has 1 amide bonds. The fraction of sp³-hybridized carbons (Fsp3) is 0.130. The van der Waals surface area contributed by atoms with E-state index in [1.165, 1.54) is 24.3 Å². The summed E-state index contributed by atoms with van der Waals surface area (Å²) in [4.78, 5) is 27.3. The summed E-state index contributed by atoms with van der Waals surface area (Å²) >= 11 is 6.28. The molecule has 0 aliphatic carbocycles. The summed E-state index contributed by atoms with van der Waals surface area (Å²) in [6, 6.07) is 16.4. The number of Topliss-reactive ketones (excluding diaryl/α,β-unsaturated/α-hetero) is 1. The van der Waals surface area contributed by atoms with Crippen LogP contribution in [-0.2, 0) is 16.1 Å². The van der Waals surface area contributed by atoms with Crippen LogP contribution >= 0.6 is 11.6 Å². The van der Waals surface area contributed by atoms with Gasteiger partial charge in [-0.2, -0.15) is 0 Å². The number of carbonyl (C=O) groups excluding carboxylic acids is 2. The number of aliphatic hydroxyl groups excluding tert-OH is 1. The second kappa shape index (κ2) is 8.08. The van der Waals surface area contributed by atoms with Crippen molar-refractivity contribution >= 4 is 29.1 Å². The molecule has 2 aromatic carbocycles. The summed E-state index contributed by atoms with van der Waals surface area (Å²) in [5.74, 6) is -0.875. The molecule has 1 aliphatic rings. The predicted molar refractivity (Wildman–Crippen MR) is 111 cm³/mol. The molecule has 1 N–H and O–H groups in total. The molecule has 1 atom stereocenters. The minimum Gasteiger partial charge on any atom is -0.507 e. The van der Waals surface area contributed by atoms with Gasteiger partial charge in [0.15, 0.2) is 0 Å². The Labute approximate surface area is 177 Å². The number of hydrogen-bond acceptors (Lipinski definition) is 5. The van der Waals surface area contributed by atoms with Gasteiger partial charge in [0.05, 0.1) is 36.6 Å². The number of methoxy groups -OCH3 is 1. The fourth-order valence-electron chi connectivity index (χ4n) is 3.55. The average Bonchev–Trinajstić information content (AvgIpc) is 3.36. The van der Waals surface area contributed by atoms with Gasteiger partial charge in [-0.05, 0) is 35.9 Å². The molecule has 1 unspecified atom stereocenters. The van der Waals surface area contributed by atoms with Crippen molar-refractivity contribution in [3.8, 4) is 5.75 Å². The molecule has 3 aromatic rings. The molecule has 0 spiro atoms. The van der Waals surface area contributed by atoms with Gasteiger partial charge in [-0.3, -0.25) is 9.59 Å². The van der Waals surface area contributed by atoms with Crippen LogP contribution < -0.4 is 4.74 Å². The monoisotopic (exact) mass is 423 g/mol. The highest BCUT2D eigenvalue weighted by Crippen LogP contribution is 2.41. The van der Waals surface area contributed by atoms with Crippen LogP contribution in [0, 0.1) is 0 Å². The first-order chi connectivity index (χ1) is 14.5. The minimum atomic E-state index is -0.793. The standard InChI is InChI=1S/C23H18ClNO5/c1-29-15-9-10-18(24)17(12-15)21(26)19-20(14-6-3-2-4-7-14)25(23(28)22(19)27)13-16-8-5-11-30-16/h2-12,20,26H,13H2,1H3/b21-19+. The lowest BCUT2D eigenvalue weighted by atomic mass is 9.95. The summed E-state index contributed by atoms with van der Waals surface area (Å²) in [5.41, 5.74) is 0.865. The van der Waals surface area contributed by atoms with Crippen molar-refractivity contribution in [3.05, 3.63) is 94.4 Å². The van der Waals surface area contributed by atoms with Crippen LogP contribution in [0.15, 0.2) is 76.9 Å². The van der Waals surface area contributed by atoms with Crippen molar-refractivity contribution in [2.45, 2.75) is 12.6 Å². The van der Waals surface area contributed by atoms with E-state index in [1.54, 1.807) is 48.5 Å². The molecule has 7 heteroatoms. The average molecular weight is 424 g/mol. The zero-order valence-electron chi connectivity index (χ0n) is 16.0. The Morgan fingerprint density at radius 3 is 2.57 bits per heavy atom. The zero-order chi connectivity index (χ0) is 21.3. The van der Waals surface area contributed by atoms with Gasteiger partial charge in [0.25, 0.3) is 11.7 Å². The van der Waals surface area contributed by atoms with Crippen molar-refractivity contribution in [2.24, 2.45) is 0 Å². The van der Waals surface area contributed by atoms with Crippen LogP contribution in [0.5, 0.6) is 5.75 Å². The first-order valence-electron chi connectivity index (χ1n) is 9.21. The van der Waals surface area contributed by atoms with Gasteiger partial charge in [0.1, 0.15) is 17.3 Å². The van der Waals surface area contributed by atoms with Crippen molar-refractivity contribution < 1.29 is 23.8 Å². The summed E-state index contributed by atoms with van der Waals surface area (Å²) in [7, 11) is 1.49. The maximum Gasteiger partial charge on any atom is 0.296 e. The molecule has 4 rings (SSSR count). The largest absolute Gasteiger partial charge is 0.507 e. The Bertz CT molecular complexity index is 1120. The number of likely N-dealkylation sites (tertiary alicyclic amines) is 1. The maximum absolute atomic E-state index is 13.0. The lowest BCUT2D eigenvalue weighted by Gasteiger charge is -2.24. The third-order valence-electron chi connectivity index (χ3n) is 4.99. The molecule has 1 aliphatic heterocycles. The number of nitrogens with zero attached hydrogens (tertiary/aromatic N) is 1. The molecule has 0 radical (unpaired) electrons. The lowest BCUT2D eigenvalue weighted by Crippen LogP contribution is -2.29. The number of amides is 1. The second-order valence-corrected chi connectivity index (χ2v) is 7.17. The Kier molecular flexibility index (Phi) is 5.33. The number of rotatable bonds is 5. The van der Waals surface area contributed by atoms with Crippen molar-refractivity contribution in [1.82, 2.24) is 4.90 Å². The van der Waals surface area contributed by atoms with Crippen LogP contribution in [0.25, 0.3) is 5.76 Å².